The van der Waals surface area contributed by atoms with E-state index in [-0.39, 0.29) is 5.91 Å². The molecule has 25 heavy (non-hydrogen) atoms. The molecule has 0 saturated carbocycles. The largest absolute Gasteiger partial charge is 0.495 e. The lowest BCUT2D eigenvalue weighted by atomic mass is 10.0. The second-order valence-corrected chi connectivity index (χ2v) is 7.21. The van der Waals surface area contributed by atoms with Crippen LogP contribution in [0.5, 0.6) is 5.75 Å². The van der Waals surface area contributed by atoms with Crippen LogP contribution in [0.3, 0.4) is 0 Å². The zero-order valence-electron chi connectivity index (χ0n) is 15.5. The molecule has 1 N–H and O–H groups in total. The molecule has 0 aliphatic carbocycles. The molecule has 6 nitrogen and oxygen atoms in total. The zero-order chi connectivity index (χ0) is 18.4. The maximum atomic E-state index is 13.1. The monoisotopic (exact) mass is 348 g/mol. The molecule has 0 aromatic heterocycles. The third kappa shape index (κ3) is 5.37. The van der Waals surface area contributed by atoms with Gasteiger partial charge in [0.15, 0.2) is 0 Å². The topological polar surface area (TPSA) is 67.9 Å². The van der Waals surface area contributed by atoms with Crippen molar-refractivity contribution in [2.75, 3.05) is 18.6 Å². The van der Waals surface area contributed by atoms with Crippen molar-refractivity contribution in [1.29, 1.82) is 0 Å². The summed E-state index contributed by atoms with van der Waals surface area (Å²) >= 11 is 0. The molecule has 1 saturated heterocycles. The number of methoxy groups -OCH3 is 1. The lowest BCUT2D eigenvalue weighted by Gasteiger charge is -2.31. The quantitative estimate of drug-likeness (QED) is 0.908. The van der Waals surface area contributed by atoms with Crippen molar-refractivity contribution in [3.8, 4) is 5.75 Å². The molecule has 1 atom stereocenters. The summed E-state index contributed by atoms with van der Waals surface area (Å²) in [6, 6.07) is 6.84. The second kappa shape index (κ2) is 8.23. The van der Waals surface area contributed by atoms with Gasteiger partial charge in [-0.05, 0) is 45.7 Å². The number of hydrogen-bond donors (Lipinski definition) is 1. The minimum atomic E-state index is -0.600. The predicted octanol–water partition coefficient (Wildman–Crippen LogP) is 3.50. The van der Waals surface area contributed by atoms with Crippen LogP contribution in [0.25, 0.3) is 0 Å². The predicted molar refractivity (Wildman–Crippen MR) is 97.0 cm³/mol. The van der Waals surface area contributed by atoms with E-state index in [2.05, 4.69) is 5.32 Å². The van der Waals surface area contributed by atoms with E-state index in [1.54, 1.807) is 32.8 Å². The molecule has 1 aliphatic heterocycles. The summed E-state index contributed by atoms with van der Waals surface area (Å²) in [5.74, 6) is 0.516. The average molecular weight is 348 g/mol. The molecule has 1 aromatic rings. The van der Waals surface area contributed by atoms with Gasteiger partial charge < -0.3 is 19.7 Å². The van der Waals surface area contributed by atoms with Crippen molar-refractivity contribution in [3.05, 3.63) is 24.3 Å². The first kappa shape index (κ1) is 19.1. The van der Waals surface area contributed by atoms with E-state index in [9.17, 15) is 9.59 Å². The molecule has 2 rings (SSSR count). The number of para-hydroxylation sites is 2. The summed E-state index contributed by atoms with van der Waals surface area (Å²) in [4.78, 5) is 26.9. The van der Waals surface area contributed by atoms with Crippen LogP contribution in [-0.4, -0.2) is 37.3 Å². The van der Waals surface area contributed by atoms with Crippen molar-refractivity contribution < 1.29 is 19.1 Å². The highest BCUT2D eigenvalue weighted by atomic mass is 16.6. The maximum absolute atomic E-state index is 13.1. The molecular weight excluding hydrogens is 320 g/mol. The standard InChI is InChI=1S/C19H28N2O4/c1-19(2,3)25-18(23)20-14-10-6-5-9-13-21(17(14)22)15-11-7-8-12-16(15)24-4/h7-8,11-12,14H,5-6,9-10,13H2,1-4H3,(H,20,23)/t14-/m0/s1. The van der Waals surface area contributed by atoms with Gasteiger partial charge in [-0.3, -0.25) is 4.79 Å². The lowest BCUT2D eigenvalue weighted by Crippen LogP contribution is -2.51. The van der Waals surface area contributed by atoms with E-state index in [1.165, 1.54) is 0 Å². The van der Waals surface area contributed by atoms with Crippen molar-refractivity contribution in [1.82, 2.24) is 5.32 Å². The molecule has 2 amide bonds. The van der Waals surface area contributed by atoms with Gasteiger partial charge >= 0.3 is 6.09 Å². The highest BCUT2D eigenvalue weighted by molar-refractivity contribution is 5.99. The van der Waals surface area contributed by atoms with E-state index in [0.29, 0.717) is 18.7 Å². The number of hydrogen-bond acceptors (Lipinski definition) is 4. The SMILES string of the molecule is COc1ccccc1N1CCCCC[C@H](NC(=O)OC(C)(C)C)C1=O. The summed E-state index contributed by atoms with van der Waals surface area (Å²) < 4.78 is 10.7. The normalized spacial score (nSPS) is 19.0. The molecule has 0 spiro atoms. The summed E-state index contributed by atoms with van der Waals surface area (Å²) in [5.41, 5.74) is 0.129. The van der Waals surface area contributed by atoms with Gasteiger partial charge in [0, 0.05) is 6.54 Å². The van der Waals surface area contributed by atoms with Gasteiger partial charge in [0.2, 0.25) is 5.91 Å². The van der Waals surface area contributed by atoms with Gasteiger partial charge in [0.05, 0.1) is 12.8 Å². The molecular formula is C19H28N2O4. The molecule has 1 heterocycles. The van der Waals surface area contributed by atoms with Crippen molar-refractivity contribution in [2.45, 2.75) is 58.1 Å². The van der Waals surface area contributed by atoms with E-state index >= 15 is 0 Å². The Balaban J connectivity index is 2.20. The maximum Gasteiger partial charge on any atom is 0.408 e. The van der Waals surface area contributed by atoms with Crippen LogP contribution >= 0.6 is 0 Å². The molecule has 6 heteroatoms. The fraction of sp³-hybridized carbons (Fsp3) is 0.579. The number of nitrogens with one attached hydrogen (secondary N) is 1. The summed E-state index contributed by atoms with van der Waals surface area (Å²) in [5, 5.41) is 2.74. The third-order valence-corrected chi connectivity index (χ3v) is 4.01. The number of nitrogens with zero attached hydrogens (tertiary/aromatic N) is 1. The third-order valence-electron chi connectivity index (χ3n) is 4.01. The van der Waals surface area contributed by atoms with Crippen LogP contribution in [0.4, 0.5) is 10.5 Å². The van der Waals surface area contributed by atoms with Crippen molar-refractivity contribution in [3.63, 3.8) is 0 Å². The number of carbonyl (C=O) groups excluding carboxylic acids is 2. The van der Waals surface area contributed by atoms with Crippen LogP contribution in [0.2, 0.25) is 0 Å². The van der Waals surface area contributed by atoms with Crippen LogP contribution in [0.1, 0.15) is 46.5 Å². The number of benzene rings is 1. The first-order valence-electron chi connectivity index (χ1n) is 8.76. The van der Waals surface area contributed by atoms with Crippen LogP contribution in [0.15, 0.2) is 24.3 Å². The van der Waals surface area contributed by atoms with Crippen LogP contribution in [0, 0.1) is 0 Å². The number of amides is 2. The summed E-state index contributed by atoms with van der Waals surface area (Å²) in [7, 11) is 1.59. The second-order valence-electron chi connectivity index (χ2n) is 7.21. The first-order chi connectivity index (χ1) is 11.8. The Bertz CT molecular complexity index is 610. The number of anilines is 1. The molecule has 138 valence electrons. The van der Waals surface area contributed by atoms with Gasteiger partial charge in [-0.2, -0.15) is 0 Å². The number of ether oxygens (including phenoxy) is 2. The zero-order valence-corrected chi connectivity index (χ0v) is 15.5. The van der Waals surface area contributed by atoms with Crippen LogP contribution in [-0.2, 0) is 9.53 Å². The van der Waals surface area contributed by atoms with Crippen molar-refractivity contribution in [2.24, 2.45) is 0 Å². The fourth-order valence-corrected chi connectivity index (χ4v) is 2.89. The highest BCUT2D eigenvalue weighted by Crippen LogP contribution is 2.30. The minimum absolute atomic E-state index is 0.130. The number of carbonyl (C=O) groups is 2. The average Bonchev–Trinajstić information content (AvgIpc) is 2.53. The Morgan fingerprint density at radius 1 is 1.20 bits per heavy atom. The molecule has 0 radical (unpaired) electrons. The lowest BCUT2D eigenvalue weighted by molar-refractivity contribution is -0.121. The molecule has 0 bridgehead atoms. The smallest absolute Gasteiger partial charge is 0.408 e. The Morgan fingerprint density at radius 3 is 2.60 bits per heavy atom. The van der Waals surface area contributed by atoms with Gasteiger partial charge in [-0.15, -0.1) is 0 Å². The van der Waals surface area contributed by atoms with Gasteiger partial charge in [0.25, 0.3) is 0 Å². The van der Waals surface area contributed by atoms with E-state index in [0.717, 1.165) is 24.9 Å². The van der Waals surface area contributed by atoms with Crippen LogP contribution < -0.4 is 15.0 Å². The fourth-order valence-electron chi connectivity index (χ4n) is 2.89. The highest BCUT2D eigenvalue weighted by Gasteiger charge is 2.30. The molecule has 1 fully saturated rings. The Labute approximate surface area is 149 Å². The molecule has 1 aromatic carbocycles. The Hall–Kier alpha value is -2.24. The van der Waals surface area contributed by atoms with E-state index in [4.69, 9.17) is 9.47 Å². The van der Waals surface area contributed by atoms with E-state index in [1.807, 2.05) is 24.3 Å². The van der Waals surface area contributed by atoms with E-state index < -0.39 is 17.7 Å². The van der Waals surface area contributed by atoms with Crippen molar-refractivity contribution >= 4 is 17.7 Å². The summed E-state index contributed by atoms with van der Waals surface area (Å²) in [6.45, 7) is 6.00. The first-order valence-corrected chi connectivity index (χ1v) is 8.76. The Kier molecular flexibility index (Phi) is 6.28. The molecule has 0 unspecified atom stereocenters. The van der Waals surface area contributed by atoms with Gasteiger partial charge in [-0.25, -0.2) is 4.79 Å². The number of rotatable bonds is 3. The Morgan fingerprint density at radius 2 is 1.92 bits per heavy atom. The van der Waals surface area contributed by atoms with Gasteiger partial charge in [-0.1, -0.05) is 25.0 Å². The van der Waals surface area contributed by atoms with Gasteiger partial charge in [0.1, 0.15) is 17.4 Å². The molecule has 1 aliphatic rings. The number of alkyl carbamates (subject to hydrolysis) is 1. The summed E-state index contributed by atoms with van der Waals surface area (Å²) in [6.07, 6.45) is 2.86. The minimum Gasteiger partial charge on any atom is -0.495 e.